The van der Waals surface area contributed by atoms with E-state index in [1.165, 1.54) is 12.1 Å². The maximum Gasteiger partial charge on any atom is 0.241 e. The molecule has 3 aromatic carbocycles. The van der Waals surface area contributed by atoms with Crippen molar-refractivity contribution < 1.29 is 12.8 Å². The molecule has 0 amide bonds. The average Bonchev–Trinajstić information content (AvgIpc) is 3.23. The highest BCUT2D eigenvalue weighted by atomic mass is 32.2. The minimum absolute atomic E-state index is 0.198. The van der Waals surface area contributed by atoms with Crippen LogP contribution in [-0.2, 0) is 10.0 Å². The van der Waals surface area contributed by atoms with Gasteiger partial charge in [0.2, 0.25) is 10.0 Å². The average molecular weight is 493 g/mol. The first-order valence-corrected chi connectivity index (χ1v) is 13.3. The van der Waals surface area contributed by atoms with Crippen molar-refractivity contribution in [3.05, 3.63) is 83.3 Å². The number of aryl methyl sites for hydroxylation is 3. The molecular weight excluding hydrogens is 463 g/mol. The summed E-state index contributed by atoms with van der Waals surface area (Å²) in [5, 5.41) is 5.53. The van der Waals surface area contributed by atoms with Crippen LogP contribution in [-0.4, -0.2) is 37.3 Å². The van der Waals surface area contributed by atoms with Crippen molar-refractivity contribution in [3.8, 4) is 5.69 Å². The monoisotopic (exact) mass is 492 g/mol. The largest absolute Gasteiger partial charge is 0.369 e. The van der Waals surface area contributed by atoms with Gasteiger partial charge >= 0.3 is 0 Å². The number of fused-ring (bicyclic) bond motifs is 1. The molecule has 0 aliphatic carbocycles. The van der Waals surface area contributed by atoms with Crippen LogP contribution in [0.25, 0.3) is 16.6 Å². The Labute approximate surface area is 205 Å². The lowest BCUT2D eigenvalue weighted by Gasteiger charge is -2.35. The van der Waals surface area contributed by atoms with Gasteiger partial charge in [-0.25, -0.2) is 22.2 Å². The van der Waals surface area contributed by atoms with E-state index in [-0.39, 0.29) is 11.9 Å². The predicted octanol–water partition coefficient (Wildman–Crippen LogP) is 5.04. The number of hydrogen-bond donors (Lipinski definition) is 1. The van der Waals surface area contributed by atoms with Crippen LogP contribution in [0.4, 0.5) is 10.1 Å². The summed E-state index contributed by atoms with van der Waals surface area (Å²) in [5.41, 5.74) is 5.30. The standard InChI is InChI=1S/C27H29FN4O2S/c1-18-14-19(2)27(20(3)15-18)35(33,34)30-22-6-5-13-31(17-22)25-7-4-8-26-24(25)16-29-32(26)23-11-9-21(28)10-12-23/h4,7-12,14-16,22,30H,5-6,13,17H2,1-3H3. The molecule has 6 nitrogen and oxygen atoms in total. The first-order valence-electron chi connectivity index (χ1n) is 11.8. The van der Waals surface area contributed by atoms with Crippen LogP contribution >= 0.6 is 0 Å². The van der Waals surface area contributed by atoms with Gasteiger partial charge in [-0.3, -0.25) is 0 Å². The molecule has 1 saturated heterocycles. The zero-order valence-electron chi connectivity index (χ0n) is 20.1. The fourth-order valence-electron chi connectivity index (χ4n) is 5.26. The molecule has 1 fully saturated rings. The Kier molecular flexibility index (Phi) is 6.11. The van der Waals surface area contributed by atoms with Crippen LogP contribution in [0.5, 0.6) is 0 Å². The van der Waals surface area contributed by atoms with Gasteiger partial charge in [-0.1, -0.05) is 23.8 Å². The molecule has 1 N–H and O–H groups in total. The van der Waals surface area contributed by atoms with Crippen molar-refractivity contribution >= 4 is 26.6 Å². The molecule has 182 valence electrons. The van der Waals surface area contributed by atoms with Gasteiger partial charge in [0.1, 0.15) is 5.82 Å². The highest BCUT2D eigenvalue weighted by molar-refractivity contribution is 7.89. The number of halogens is 1. The molecule has 0 saturated carbocycles. The fraction of sp³-hybridized carbons (Fsp3) is 0.296. The maximum atomic E-state index is 13.4. The van der Waals surface area contributed by atoms with Crippen molar-refractivity contribution in [3.63, 3.8) is 0 Å². The molecule has 1 unspecified atom stereocenters. The fourth-order valence-corrected chi connectivity index (χ4v) is 6.98. The second kappa shape index (κ2) is 9.09. The zero-order chi connectivity index (χ0) is 24.7. The Hall–Kier alpha value is -3.23. The van der Waals surface area contributed by atoms with E-state index in [2.05, 4.69) is 14.7 Å². The van der Waals surface area contributed by atoms with Gasteiger partial charge in [-0.05, 0) is 81.1 Å². The lowest BCUT2D eigenvalue weighted by Crippen LogP contribution is -2.48. The normalized spacial score (nSPS) is 16.7. The van der Waals surface area contributed by atoms with E-state index in [0.717, 1.165) is 58.4 Å². The Morgan fingerprint density at radius 3 is 2.46 bits per heavy atom. The van der Waals surface area contributed by atoms with Crippen molar-refractivity contribution in [2.75, 3.05) is 18.0 Å². The van der Waals surface area contributed by atoms with Gasteiger partial charge in [-0.2, -0.15) is 5.10 Å². The van der Waals surface area contributed by atoms with Gasteiger partial charge < -0.3 is 4.90 Å². The summed E-state index contributed by atoms with van der Waals surface area (Å²) < 4.78 is 44.8. The molecule has 1 aliphatic rings. The second-order valence-corrected chi connectivity index (χ2v) is 11.0. The summed E-state index contributed by atoms with van der Waals surface area (Å²) in [6, 6.07) is 15.9. The number of sulfonamides is 1. The number of benzene rings is 3. The van der Waals surface area contributed by atoms with E-state index >= 15 is 0 Å². The van der Waals surface area contributed by atoms with Crippen molar-refractivity contribution in [2.45, 2.75) is 44.6 Å². The minimum Gasteiger partial charge on any atom is -0.369 e. The summed E-state index contributed by atoms with van der Waals surface area (Å²) in [6.45, 7) is 7.08. The van der Waals surface area contributed by atoms with Gasteiger partial charge in [0.15, 0.2) is 0 Å². The topological polar surface area (TPSA) is 67.2 Å². The van der Waals surface area contributed by atoms with Crippen LogP contribution in [0.3, 0.4) is 0 Å². The van der Waals surface area contributed by atoms with Crippen molar-refractivity contribution in [1.29, 1.82) is 0 Å². The summed E-state index contributed by atoms with van der Waals surface area (Å²) in [7, 11) is -3.65. The first-order chi connectivity index (χ1) is 16.7. The van der Waals surface area contributed by atoms with E-state index in [1.54, 1.807) is 16.8 Å². The van der Waals surface area contributed by atoms with Gasteiger partial charge in [-0.15, -0.1) is 0 Å². The number of piperidine rings is 1. The Morgan fingerprint density at radius 1 is 1.03 bits per heavy atom. The third-order valence-corrected chi connectivity index (χ3v) is 8.44. The third-order valence-electron chi connectivity index (χ3n) is 6.62. The molecule has 8 heteroatoms. The number of nitrogens with one attached hydrogen (secondary N) is 1. The summed E-state index contributed by atoms with van der Waals surface area (Å²) in [5.74, 6) is -0.288. The molecule has 2 heterocycles. The molecule has 1 aromatic heterocycles. The molecule has 35 heavy (non-hydrogen) atoms. The van der Waals surface area contributed by atoms with Crippen molar-refractivity contribution in [2.24, 2.45) is 0 Å². The summed E-state index contributed by atoms with van der Waals surface area (Å²) in [4.78, 5) is 2.60. The molecule has 4 aromatic rings. The van der Waals surface area contributed by atoms with E-state index < -0.39 is 10.0 Å². The molecular formula is C27H29FN4O2S. The molecule has 1 atom stereocenters. The number of hydrogen-bond acceptors (Lipinski definition) is 4. The highest BCUT2D eigenvalue weighted by Crippen LogP contribution is 2.31. The second-order valence-electron chi connectivity index (χ2n) is 9.38. The van der Waals surface area contributed by atoms with Crippen LogP contribution in [0.2, 0.25) is 0 Å². The number of anilines is 1. The number of rotatable bonds is 5. The van der Waals surface area contributed by atoms with E-state index in [4.69, 9.17) is 0 Å². The molecule has 0 radical (unpaired) electrons. The number of nitrogens with zero attached hydrogens (tertiary/aromatic N) is 3. The highest BCUT2D eigenvalue weighted by Gasteiger charge is 2.28. The zero-order valence-corrected chi connectivity index (χ0v) is 20.9. The van der Waals surface area contributed by atoms with Gasteiger partial charge in [0, 0.05) is 30.2 Å². The molecule has 0 spiro atoms. The molecule has 0 bridgehead atoms. The smallest absolute Gasteiger partial charge is 0.241 e. The maximum absolute atomic E-state index is 13.4. The summed E-state index contributed by atoms with van der Waals surface area (Å²) >= 11 is 0. The van der Waals surface area contributed by atoms with E-state index in [9.17, 15) is 12.8 Å². The lowest BCUT2D eigenvalue weighted by molar-refractivity contribution is 0.466. The quantitative estimate of drug-likeness (QED) is 0.424. The van der Waals surface area contributed by atoms with E-state index in [1.807, 2.05) is 57.3 Å². The minimum atomic E-state index is -3.65. The SMILES string of the molecule is Cc1cc(C)c(S(=O)(=O)NC2CCCN(c3cccc4c3cnn4-c3ccc(F)cc3)C2)c(C)c1. The van der Waals surface area contributed by atoms with E-state index in [0.29, 0.717) is 11.4 Å². The Bertz CT molecular complexity index is 1470. The van der Waals surface area contributed by atoms with Gasteiger partial charge in [0.25, 0.3) is 0 Å². The van der Waals surface area contributed by atoms with Crippen LogP contribution < -0.4 is 9.62 Å². The molecule has 5 rings (SSSR count). The number of aromatic nitrogens is 2. The van der Waals surface area contributed by atoms with Crippen molar-refractivity contribution in [1.82, 2.24) is 14.5 Å². The first kappa shape index (κ1) is 23.5. The Morgan fingerprint density at radius 2 is 1.74 bits per heavy atom. The Balaban J connectivity index is 1.42. The third kappa shape index (κ3) is 4.56. The molecule has 1 aliphatic heterocycles. The van der Waals surface area contributed by atoms with Gasteiger partial charge in [0.05, 0.1) is 22.3 Å². The summed E-state index contributed by atoms with van der Waals surface area (Å²) in [6.07, 6.45) is 3.48. The van der Waals surface area contributed by atoms with Crippen LogP contribution in [0, 0.1) is 26.6 Å². The van der Waals surface area contributed by atoms with Crippen LogP contribution in [0.1, 0.15) is 29.5 Å². The predicted molar refractivity (Wildman–Crippen MR) is 137 cm³/mol. The lowest BCUT2D eigenvalue weighted by atomic mass is 10.0. The van der Waals surface area contributed by atoms with Crippen LogP contribution in [0.15, 0.2) is 65.7 Å².